The van der Waals surface area contributed by atoms with E-state index in [0.717, 1.165) is 0 Å². The smallest absolute Gasteiger partial charge is 0.188 e. The molecule has 0 atom stereocenters. The Morgan fingerprint density at radius 1 is 1.14 bits per heavy atom. The molecule has 1 aromatic carbocycles. The number of aliphatic hydroxyl groups excluding tert-OH is 2. The largest absolute Gasteiger partial charge is 0.388 e. The van der Waals surface area contributed by atoms with Gasteiger partial charge >= 0.3 is 0 Å². The summed E-state index contributed by atoms with van der Waals surface area (Å²) in [4.78, 5) is 22.3. The van der Waals surface area contributed by atoms with E-state index in [1.807, 2.05) is 0 Å². The SMILES string of the molecule is O=C(CO)c1c[c]ccc1C(=O)CO. The standard InChI is InChI=1S/C10H9O4/c11-5-9(13)7-3-1-2-4-8(7)10(14)6-12/h1,3-4,11-12H,5-6H2. The highest BCUT2D eigenvalue weighted by molar-refractivity contribution is 6.09. The normalized spacial score (nSPS) is 9.86. The zero-order valence-electron chi connectivity index (χ0n) is 7.36. The lowest BCUT2D eigenvalue weighted by Crippen LogP contribution is -2.13. The van der Waals surface area contributed by atoms with Crippen LogP contribution in [0.2, 0.25) is 0 Å². The molecule has 73 valence electrons. The Morgan fingerprint density at radius 3 is 2.29 bits per heavy atom. The van der Waals surface area contributed by atoms with Gasteiger partial charge in [0.2, 0.25) is 0 Å². The zero-order valence-corrected chi connectivity index (χ0v) is 7.36. The maximum Gasteiger partial charge on any atom is 0.188 e. The number of Topliss-reactive ketones (excluding diaryl/α,β-unsaturated/α-hetero) is 2. The lowest BCUT2D eigenvalue weighted by molar-refractivity contribution is 0.0871. The lowest BCUT2D eigenvalue weighted by Gasteiger charge is -2.03. The molecule has 1 radical (unpaired) electrons. The third-order valence-electron chi connectivity index (χ3n) is 1.75. The Bertz CT molecular complexity index is 322. The van der Waals surface area contributed by atoms with Gasteiger partial charge in [0.05, 0.1) is 0 Å². The molecule has 2 N–H and O–H groups in total. The van der Waals surface area contributed by atoms with Crippen LogP contribution in [0.3, 0.4) is 0 Å². The summed E-state index contributed by atoms with van der Waals surface area (Å²) in [5.74, 6) is -1.10. The Morgan fingerprint density at radius 2 is 1.71 bits per heavy atom. The number of ketones is 2. The van der Waals surface area contributed by atoms with Crippen LogP contribution in [0, 0.1) is 6.07 Å². The summed E-state index contributed by atoms with van der Waals surface area (Å²) in [6, 6.07) is 6.81. The predicted octanol–water partition coefficient (Wildman–Crippen LogP) is -0.163. The summed E-state index contributed by atoms with van der Waals surface area (Å²) in [6.45, 7) is -1.32. The van der Waals surface area contributed by atoms with Crippen LogP contribution < -0.4 is 0 Å². The van der Waals surface area contributed by atoms with E-state index in [0.29, 0.717) is 0 Å². The van der Waals surface area contributed by atoms with Crippen LogP contribution in [-0.4, -0.2) is 35.0 Å². The summed E-state index contributed by atoms with van der Waals surface area (Å²) in [6.07, 6.45) is 0. The number of carbonyl (C=O) groups excluding carboxylic acids is 2. The minimum atomic E-state index is -0.663. The molecule has 0 fully saturated rings. The fourth-order valence-corrected chi connectivity index (χ4v) is 1.07. The quantitative estimate of drug-likeness (QED) is 0.651. The van der Waals surface area contributed by atoms with Gasteiger partial charge in [-0.25, -0.2) is 0 Å². The van der Waals surface area contributed by atoms with Gasteiger partial charge in [-0.3, -0.25) is 9.59 Å². The monoisotopic (exact) mass is 193 g/mol. The lowest BCUT2D eigenvalue weighted by atomic mass is 10.0. The van der Waals surface area contributed by atoms with Crippen molar-refractivity contribution in [2.75, 3.05) is 13.2 Å². The highest BCUT2D eigenvalue weighted by Gasteiger charge is 2.14. The first-order chi connectivity index (χ1) is 6.70. The van der Waals surface area contributed by atoms with Crippen LogP contribution in [0.1, 0.15) is 20.7 Å². The van der Waals surface area contributed by atoms with Crippen molar-refractivity contribution in [2.45, 2.75) is 0 Å². The molecule has 1 aromatic rings. The second kappa shape index (κ2) is 4.64. The molecule has 0 aliphatic rings. The van der Waals surface area contributed by atoms with Crippen molar-refractivity contribution < 1.29 is 19.8 Å². The molecular formula is C10H9O4. The van der Waals surface area contributed by atoms with Gasteiger partial charge in [0.15, 0.2) is 11.6 Å². The van der Waals surface area contributed by atoms with Gasteiger partial charge in [-0.2, -0.15) is 0 Å². The first kappa shape index (κ1) is 10.6. The molecule has 0 saturated heterocycles. The molecule has 0 aliphatic heterocycles. The third-order valence-corrected chi connectivity index (χ3v) is 1.75. The fourth-order valence-electron chi connectivity index (χ4n) is 1.07. The van der Waals surface area contributed by atoms with Crippen molar-refractivity contribution in [2.24, 2.45) is 0 Å². The molecule has 0 spiro atoms. The summed E-state index contributed by atoms with van der Waals surface area (Å²) < 4.78 is 0. The highest BCUT2D eigenvalue weighted by Crippen LogP contribution is 2.09. The molecular weight excluding hydrogens is 184 g/mol. The van der Waals surface area contributed by atoms with Crippen molar-refractivity contribution in [3.8, 4) is 0 Å². The number of aliphatic hydroxyl groups is 2. The third kappa shape index (κ3) is 2.04. The average molecular weight is 193 g/mol. The topological polar surface area (TPSA) is 74.6 Å². The van der Waals surface area contributed by atoms with Crippen molar-refractivity contribution in [1.29, 1.82) is 0 Å². The van der Waals surface area contributed by atoms with Crippen LogP contribution in [0.5, 0.6) is 0 Å². The van der Waals surface area contributed by atoms with E-state index < -0.39 is 24.8 Å². The second-order valence-electron chi connectivity index (χ2n) is 2.63. The fraction of sp³-hybridized carbons (Fsp3) is 0.200. The predicted molar refractivity (Wildman–Crippen MR) is 48.1 cm³/mol. The van der Waals surface area contributed by atoms with Crippen molar-refractivity contribution in [1.82, 2.24) is 0 Å². The van der Waals surface area contributed by atoms with Gasteiger partial charge in [0.1, 0.15) is 13.2 Å². The summed E-state index contributed by atoms with van der Waals surface area (Å²) in [5.41, 5.74) is 0.208. The van der Waals surface area contributed by atoms with Crippen LogP contribution >= 0.6 is 0 Å². The summed E-state index contributed by atoms with van der Waals surface area (Å²) in [5, 5.41) is 17.3. The van der Waals surface area contributed by atoms with Crippen molar-refractivity contribution in [3.05, 3.63) is 35.4 Å². The highest BCUT2D eigenvalue weighted by atomic mass is 16.3. The van der Waals surface area contributed by atoms with E-state index in [4.69, 9.17) is 10.2 Å². The molecule has 0 saturated carbocycles. The first-order valence-electron chi connectivity index (χ1n) is 3.99. The molecule has 0 heterocycles. The Labute approximate surface area is 80.8 Å². The molecule has 0 unspecified atom stereocenters. The Kier molecular flexibility index (Phi) is 3.50. The van der Waals surface area contributed by atoms with E-state index >= 15 is 0 Å². The molecule has 14 heavy (non-hydrogen) atoms. The van der Waals surface area contributed by atoms with Crippen molar-refractivity contribution >= 4 is 11.6 Å². The molecule has 0 amide bonds. The van der Waals surface area contributed by atoms with Gasteiger partial charge in [0.25, 0.3) is 0 Å². The van der Waals surface area contributed by atoms with Gasteiger partial charge in [0, 0.05) is 11.1 Å². The van der Waals surface area contributed by atoms with E-state index in [2.05, 4.69) is 6.07 Å². The number of hydrogen-bond donors (Lipinski definition) is 2. The van der Waals surface area contributed by atoms with Gasteiger partial charge in [-0.1, -0.05) is 6.07 Å². The average Bonchev–Trinajstić information content (AvgIpc) is 2.27. The van der Waals surface area contributed by atoms with Crippen molar-refractivity contribution in [3.63, 3.8) is 0 Å². The number of benzene rings is 1. The second-order valence-corrected chi connectivity index (χ2v) is 2.63. The van der Waals surface area contributed by atoms with Crippen LogP contribution in [-0.2, 0) is 0 Å². The Balaban J connectivity index is 3.15. The van der Waals surface area contributed by atoms with Crippen LogP contribution in [0.15, 0.2) is 18.2 Å². The maximum absolute atomic E-state index is 11.2. The van der Waals surface area contributed by atoms with Crippen LogP contribution in [0.25, 0.3) is 0 Å². The van der Waals surface area contributed by atoms with E-state index in [-0.39, 0.29) is 11.1 Å². The van der Waals surface area contributed by atoms with Gasteiger partial charge in [-0.05, 0) is 18.2 Å². The van der Waals surface area contributed by atoms with Crippen LogP contribution in [0.4, 0.5) is 0 Å². The molecule has 0 aliphatic carbocycles. The van der Waals surface area contributed by atoms with E-state index in [1.54, 1.807) is 0 Å². The molecule has 0 aromatic heterocycles. The number of hydrogen-bond acceptors (Lipinski definition) is 4. The first-order valence-corrected chi connectivity index (χ1v) is 3.99. The van der Waals surface area contributed by atoms with Gasteiger partial charge in [-0.15, -0.1) is 0 Å². The molecule has 1 rings (SSSR count). The minimum Gasteiger partial charge on any atom is -0.388 e. The summed E-state index contributed by atoms with van der Waals surface area (Å²) >= 11 is 0. The summed E-state index contributed by atoms with van der Waals surface area (Å²) in [7, 11) is 0. The van der Waals surface area contributed by atoms with E-state index in [1.165, 1.54) is 18.2 Å². The Hall–Kier alpha value is -1.52. The number of carbonyl (C=O) groups is 2. The van der Waals surface area contributed by atoms with Gasteiger partial charge < -0.3 is 10.2 Å². The zero-order chi connectivity index (χ0) is 10.6. The minimum absolute atomic E-state index is 0.0917. The molecule has 4 nitrogen and oxygen atoms in total. The number of rotatable bonds is 4. The van der Waals surface area contributed by atoms with E-state index in [9.17, 15) is 9.59 Å². The maximum atomic E-state index is 11.2. The molecule has 0 bridgehead atoms. The molecule has 4 heteroatoms.